The van der Waals surface area contributed by atoms with Crippen LogP contribution in [-0.4, -0.2) is 33.6 Å². The molecule has 3 rings (SSSR count). The van der Waals surface area contributed by atoms with E-state index < -0.39 is 4.92 Å². The summed E-state index contributed by atoms with van der Waals surface area (Å²) in [7, 11) is 1.00. The van der Waals surface area contributed by atoms with E-state index in [4.69, 9.17) is 5.11 Å². The largest absolute Gasteiger partial charge is 0.656 e. The molecule has 0 amide bonds. The van der Waals surface area contributed by atoms with Crippen LogP contribution in [0.15, 0.2) is 65.5 Å². The second-order valence-electron chi connectivity index (χ2n) is 16.1. The molecule has 0 unspecified atom stereocenters. The Morgan fingerprint density at radius 3 is 1.45 bits per heavy atom. The number of aliphatic hydroxyl groups is 1. The molecule has 275 valence electrons. The predicted octanol–water partition coefficient (Wildman–Crippen LogP) is 11.1. The molecule has 1 aliphatic carbocycles. The van der Waals surface area contributed by atoms with Gasteiger partial charge in [-0.3, -0.25) is 10.1 Å². The molecule has 0 fully saturated rings. The first-order valence-corrected chi connectivity index (χ1v) is 16.6. The molecule has 1 aliphatic rings. The van der Waals surface area contributed by atoms with E-state index in [2.05, 4.69) is 76.2 Å². The maximum absolute atomic E-state index is 11.9. The van der Waals surface area contributed by atoms with Crippen LogP contribution in [0, 0.1) is 10.1 Å². The van der Waals surface area contributed by atoms with Crippen LogP contribution in [0.1, 0.15) is 131 Å². The molecule has 0 atom stereocenters. The van der Waals surface area contributed by atoms with E-state index in [1.165, 1.54) is 25.7 Å². The monoisotopic (exact) mass is 765 g/mol. The second kappa shape index (κ2) is 19.2. The topological polar surface area (TPSA) is 130 Å². The van der Waals surface area contributed by atoms with Gasteiger partial charge in [-0.2, -0.15) is 0 Å². The van der Waals surface area contributed by atoms with Crippen LogP contribution in [0.5, 0.6) is 11.5 Å². The Kier molecular flexibility index (Phi) is 17.9. The molecule has 0 bridgehead atoms. The average Bonchev–Trinajstić information content (AvgIpc) is 2.92. The van der Waals surface area contributed by atoms with Gasteiger partial charge >= 0.3 is 0 Å². The van der Waals surface area contributed by atoms with E-state index in [9.17, 15) is 20.3 Å². The molecule has 0 heterocycles. The zero-order valence-corrected chi connectivity index (χ0v) is 33.6. The average molecular weight is 766 g/mol. The fourth-order valence-electron chi connectivity index (χ4n) is 4.70. The van der Waals surface area contributed by atoms with Gasteiger partial charge in [-0.15, -0.1) is 0 Å². The van der Waals surface area contributed by atoms with Crippen molar-refractivity contribution in [3.63, 3.8) is 0 Å². The molecule has 0 aromatic heterocycles. The number of rotatable bonds is 5. The van der Waals surface area contributed by atoms with Gasteiger partial charge in [-0.25, -0.2) is 4.99 Å². The third-order valence-corrected chi connectivity index (χ3v) is 7.74. The first kappa shape index (κ1) is 45.7. The summed E-state index contributed by atoms with van der Waals surface area (Å²) < 4.78 is 0. The smallest absolute Gasteiger partial charge is 0.265 e. The number of nitrogens with zero attached hydrogens (tertiary/aromatic N) is 3. The van der Waals surface area contributed by atoms with Crippen molar-refractivity contribution in [1.82, 2.24) is 0 Å². The maximum Gasteiger partial charge on any atom is 0.265 e. The van der Waals surface area contributed by atoms with Gasteiger partial charge in [0.05, 0.1) is 4.92 Å². The van der Waals surface area contributed by atoms with E-state index in [1.54, 1.807) is 12.1 Å². The van der Waals surface area contributed by atoms with Crippen molar-refractivity contribution in [2.45, 2.75) is 130 Å². The van der Waals surface area contributed by atoms with Crippen molar-refractivity contribution < 1.29 is 39.7 Å². The number of aliphatic hydroxyl groups excluding tert-OH is 1. The molecule has 0 saturated heterocycles. The number of aromatic hydroxyl groups is 2. The van der Waals surface area contributed by atoms with E-state index >= 15 is 0 Å². The van der Waals surface area contributed by atoms with Gasteiger partial charge in [-0.1, -0.05) is 137 Å². The Balaban J connectivity index is 0.00000181. The van der Waals surface area contributed by atoms with Gasteiger partial charge < -0.3 is 20.6 Å². The van der Waals surface area contributed by atoms with Crippen molar-refractivity contribution in [3.05, 3.63) is 98.2 Å². The number of hydrogen-bond acceptors (Lipinski definition) is 6. The van der Waals surface area contributed by atoms with Gasteiger partial charge in [0.1, 0.15) is 23.4 Å². The third kappa shape index (κ3) is 14.6. The molecule has 9 heteroatoms. The molecular formula is C40H60N3O5Rh-. The first-order chi connectivity index (χ1) is 22.0. The summed E-state index contributed by atoms with van der Waals surface area (Å²) >= 11 is 0. The second-order valence-corrected chi connectivity index (χ2v) is 16.1. The number of allylic oxidation sites excluding steroid dienone is 5. The quantitative estimate of drug-likeness (QED) is 0.0917. The third-order valence-electron chi connectivity index (χ3n) is 7.74. The Morgan fingerprint density at radius 2 is 1.08 bits per heavy atom. The van der Waals surface area contributed by atoms with E-state index in [-0.39, 0.29) is 69.7 Å². The van der Waals surface area contributed by atoms with Crippen LogP contribution in [-0.2, 0) is 41.1 Å². The van der Waals surface area contributed by atoms with Crippen LogP contribution in [0.25, 0.3) is 5.32 Å². The molecule has 2 aromatic rings. The van der Waals surface area contributed by atoms with Gasteiger partial charge in [0.2, 0.25) is 0 Å². The number of benzene rings is 2. The van der Waals surface area contributed by atoms with Crippen LogP contribution in [0.2, 0.25) is 0 Å². The minimum Gasteiger partial charge on any atom is -0.656 e. The summed E-state index contributed by atoms with van der Waals surface area (Å²) in [6.45, 7) is 24.3. The minimum atomic E-state index is -0.586. The normalized spacial score (nSPS) is 15.3. The number of phenols is 2. The SMILES string of the molecule is C1=C\CC/C=C\CC/1.CC(C)(C)c1cc(N=C/C(=C\[N-]c2cc(C(C)(C)C)cc(C(C)(C)C)c2O)[N+](=O)[O-])c(O)c(C(C)(C)C)c1.CO.[Rh]. The Bertz CT molecular complexity index is 1470. The fourth-order valence-corrected chi connectivity index (χ4v) is 4.70. The molecule has 0 spiro atoms. The maximum atomic E-state index is 11.9. The van der Waals surface area contributed by atoms with E-state index in [0.717, 1.165) is 30.7 Å². The van der Waals surface area contributed by atoms with E-state index in [0.29, 0.717) is 11.1 Å². The number of nitro groups is 1. The molecule has 3 N–H and O–H groups in total. The molecule has 1 radical (unpaired) electrons. The zero-order valence-electron chi connectivity index (χ0n) is 31.9. The van der Waals surface area contributed by atoms with Crippen molar-refractivity contribution in [2.24, 2.45) is 4.99 Å². The van der Waals surface area contributed by atoms with Crippen LogP contribution < -0.4 is 0 Å². The molecule has 0 aliphatic heterocycles. The van der Waals surface area contributed by atoms with Crippen molar-refractivity contribution >= 4 is 17.6 Å². The fraction of sp³-hybridized carbons (Fsp3) is 0.525. The molecule has 2 aromatic carbocycles. The Hall–Kier alpha value is -3.29. The van der Waals surface area contributed by atoms with Crippen LogP contribution in [0.3, 0.4) is 0 Å². The number of hydrogen-bond donors (Lipinski definition) is 3. The van der Waals surface area contributed by atoms with Crippen molar-refractivity contribution in [2.75, 3.05) is 7.11 Å². The summed E-state index contributed by atoms with van der Waals surface area (Å²) in [6.07, 6.45) is 16.2. The zero-order chi connectivity index (χ0) is 37.1. The van der Waals surface area contributed by atoms with Crippen molar-refractivity contribution in [1.29, 1.82) is 0 Å². The summed E-state index contributed by atoms with van der Waals surface area (Å²) in [4.78, 5) is 15.6. The number of aliphatic imine (C=N–C) groups is 1. The van der Waals surface area contributed by atoms with Crippen LogP contribution >= 0.6 is 0 Å². The summed E-state index contributed by atoms with van der Waals surface area (Å²) in [6, 6.07) is 7.44. The molecule has 0 saturated carbocycles. The Labute approximate surface area is 308 Å². The van der Waals surface area contributed by atoms with Gasteiger partial charge in [-0.05, 0) is 70.1 Å². The molecular weight excluding hydrogens is 705 g/mol. The van der Waals surface area contributed by atoms with E-state index in [1.807, 2.05) is 53.7 Å². The van der Waals surface area contributed by atoms with Gasteiger partial charge in [0.15, 0.2) is 0 Å². The molecule has 49 heavy (non-hydrogen) atoms. The Morgan fingerprint density at radius 1 is 0.694 bits per heavy atom. The molecule has 8 nitrogen and oxygen atoms in total. The minimum absolute atomic E-state index is 0. The summed E-state index contributed by atoms with van der Waals surface area (Å²) in [5.74, 6) is -0.0153. The van der Waals surface area contributed by atoms with Gasteiger partial charge in [0.25, 0.3) is 5.70 Å². The summed E-state index contributed by atoms with van der Waals surface area (Å²) in [5.41, 5.74) is 2.35. The predicted molar refractivity (Wildman–Crippen MR) is 202 cm³/mol. The summed E-state index contributed by atoms with van der Waals surface area (Å²) in [5, 5.41) is 45.1. The number of phenolic OH excluding ortho intramolecular Hbond substituents is 2. The van der Waals surface area contributed by atoms with Crippen molar-refractivity contribution in [3.8, 4) is 11.5 Å². The standard InChI is InChI=1S/C31H44N3O4.C8H12.CH4O.Rh/c1-28(2,3)19-13-22(30(7,8)9)26(35)24(15-19)32-17-21(34(37)38)18-33-25-16-20(29(4,5)6)14-23(27(25)36)31(10,11)12;1-2-4-6-8-7-5-3-1;1-2;/h13-18H,1-12H3,(H2-,32,33,35,36);1-2,7-8H,3-6H2;2H,1H3;/q-1;;;/b;2-1-,8-7-;;. The van der Waals surface area contributed by atoms with Gasteiger partial charge in [0, 0.05) is 32.2 Å². The van der Waals surface area contributed by atoms with Crippen LogP contribution in [0.4, 0.5) is 11.4 Å². The first-order valence-electron chi connectivity index (χ1n) is 16.6.